The number of hydrazone groups is 1. The number of halogens is 1. The molecule has 0 spiro atoms. The van der Waals surface area contributed by atoms with Gasteiger partial charge in [0.15, 0.2) is 0 Å². The van der Waals surface area contributed by atoms with E-state index in [-0.39, 0.29) is 23.8 Å². The lowest BCUT2D eigenvalue weighted by Crippen LogP contribution is -2.35. The van der Waals surface area contributed by atoms with E-state index < -0.39 is 0 Å². The molecule has 3 heterocycles. The minimum Gasteiger partial charge on any atom is -0.382 e. The standard InChI is InChI=1S/C28H33FN6O/c1-18-15-22(28(36)34(3)4)16-24(29)27(18)20-10-13-35(14-11-20)19(2)5-6-21-17-31-12-9-23(21)25-7-8-26(30)33-32-25/h5-10,12,15-17,19,25,32H,11,13-14H2,1-4H3,(H2,30,33). The third kappa shape index (κ3) is 5.54. The van der Waals surface area contributed by atoms with Gasteiger partial charge in [-0.05, 0) is 66.8 Å². The van der Waals surface area contributed by atoms with E-state index in [1.165, 1.54) is 11.0 Å². The van der Waals surface area contributed by atoms with Gasteiger partial charge < -0.3 is 10.6 Å². The number of nitrogens with zero attached hydrogens (tertiary/aromatic N) is 4. The van der Waals surface area contributed by atoms with Crippen LogP contribution in [0, 0.1) is 12.7 Å². The van der Waals surface area contributed by atoms with Crippen molar-refractivity contribution in [3.63, 3.8) is 0 Å². The predicted octanol–water partition coefficient (Wildman–Crippen LogP) is 3.89. The summed E-state index contributed by atoms with van der Waals surface area (Å²) in [6.07, 6.45) is 14.5. The molecule has 1 amide bonds. The van der Waals surface area contributed by atoms with Gasteiger partial charge in [-0.2, -0.15) is 5.10 Å². The molecule has 2 aliphatic heterocycles. The highest BCUT2D eigenvalue weighted by Gasteiger charge is 2.22. The van der Waals surface area contributed by atoms with Crippen LogP contribution < -0.4 is 11.2 Å². The van der Waals surface area contributed by atoms with Crippen molar-refractivity contribution >= 4 is 23.4 Å². The lowest BCUT2D eigenvalue weighted by Gasteiger charge is -2.31. The first kappa shape index (κ1) is 25.3. The topological polar surface area (TPSA) is 86.9 Å². The molecule has 0 radical (unpaired) electrons. The van der Waals surface area contributed by atoms with Crippen molar-refractivity contribution in [2.75, 3.05) is 27.2 Å². The Hall–Kier alpha value is -3.78. The largest absolute Gasteiger partial charge is 0.382 e. The number of nitrogens with one attached hydrogen (secondary N) is 1. The molecule has 0 bridgehead atoms. The summed E-state index contributed by atoms with van der Waals surface area (Å²) in [5.41, 5.74) is 13.6. The van der Waals surface area contributed by atoms with Crippen LogP contribution in [0.1, 0.15) is 52.0 Å². The highest BCUT2D eigenvalue weighted by molar-refractivity contribution is 5.94. The van der Waals surface area contributed by atoms with Gasteiger partial charge in [-0.1, -0.05) is 24.3 Å². The number of pyridine rings is 1. The summed E-state index contributed by atoms with van der Waals surface area (Å²) in [5.74, 6) is -0.0816. The smallest absolute Gasteiger partial charge is 0.253 e. The first-order valence-corrected chi connectivity index (χ1v) is 12.1. The zero-order valence-corrected chi connectivity index (χ0v) is 21.2. The molecule has 4 rings (SSSR count). The Balaban J connectivity index is 1.45. The molecule has 2 atom stereocenters. The Kier molecular flexibility index (Phi) is 7.64. The first-order valence-electron chi connectivity index (χ1n) is 12.1. The molecule has 0 saturated carbocycles. The van der Waals surface area contributed by atoms with Crippen molar-refractivity contribution in [1.82, 2.24) is 20.2 Å². The summed E-state index contributed by atoms with van der Waals surface area (Å²) in [4.78, 5) is 20.3. The third-order valence-corrected chi connectivity index (χ3v) is 6.65. The Morgan fingerprint density at radius 3 is 2.81 bits per heavy atom. The summed E-state index contributed by atoms with van der Waals surface area (Å²) in [6.45, 7) is 5.56. The number of carbonyl (C=O) groups is 1. The average molecular weight is 489 g/mol. The van der Waals surface area contributed by atoms with Crippen LogP contribution in [0.2, 0.25) is 0 Å². The van der Waals surface area contributed by atoms with Crippen LogP contribution in [0.15, 0.2) is 60.0 Å². The highest BCUT2D eigenvalue weighted by atomic mass is 19.1. The Labute approximate surface area is 211 Å². The number of nitrogens with two attached hydrogens (primary N) is 1. The van der Waals surface area contributed by atoms with Crippen LogP contribution in [0.3, 0.4) is 0 Å². The number of carbonyl (C=O) groups excluding carboxylic acids is 1. The SMILES string of the molecule is Cc1cc(C(=O)N(C)C)cc(F)c1C1=CCN(C(C)C=Cc2cnccc2C2C=CC(N)=NN2)CC1. The molecule has 2 aliphatic rings. The fourth-order valence-electron chi connectivity index (χ4n) is 4.61. The number of aromatic nitrogens is 1. The minimum absolute atomic E-state index is 0.0618. The average Bonchev–Trinajstić information content (AvgIpc) is 2.87. The number of aryl methyl sites for hydroxylation is 1. The summed E-state index contributed by atoms with van der Waals surface area (Å²) < 4.78 is 15.0. The van der Waals surface area contributed by atoms with Crippen molar-refractivity contribution in [3.05, 3.63) is 88.5 Å². The molecule has 7 nitrogen and oxygen atoms in total. The van der Waals surface area contributed by atoms with Crippen molar-refractivity contribution in [3.8, 4) is 0 Å². The van der Waals surface area contributed by atoms with E-state index >= 15 is 4.39 Å². The fraction of sp³-hybridized carbons (Fsp3) is 0.321. The number of amidine groups is 1. The van der Waals surface area contributed by atoms with Gasteiger partial charge in [-0.25, -0.2) is 4.39 Å². The number of rotatable bonds is 6. The number of benzene rings is 1. The molecule has 1 aromatic carbocycles. The van der Waals surface area contributed by atoms with E-state index in [0.717, 1.165) is 41.8 Å². The van der Waals surface area contributed by atoms with Crippen molar-refractivity contribution in [2.24, 2.45) is 10.8 Å². The number of amides is 1. The second-order valence-corrected chi connectivity index (χ2v) is 9.43. The van der Waals surface area contributed by atoms with Gasteiger partial charge in [0.2, 0.25) is 0 Å². The van der Waals surface area contributed by atoms with Gasteiger partial charge in [0.1, 0.15) is 11.7 Å². The lowest BCUT2D eigenvalue weighted by molar-refractivity contribution is 0.0827. The molecule has 8 heteroatoms. The summed E-state index contributed by atoms with van der Waals surface area (Å²) in [5, 5.41) is 4.12. The van der Waals surface area contributed by atoms with Crippen LogP contribution in [-0.4, -0.2) is 59.8 Å². The molecular formula is C28H33FN6O. The van der Waals surface area contributed by atoms with Crippen molar-refractivity contribution in [1.29, 1.82) is 0 Å². The normalized spacial score (nSPS) is 19.0. The molecule has 1 aromatic heterocycles. The van der Waals surface area contributed by atoms with E-state index in [4.69, 9.17) is 5.73 Å². The predicted molar refractivity (Wildman–Crippen MR) is 143 cm³/mol. The molecule has 188 valence electrons. The Morgan fingerprint density at radius 1 is 1.36 bits per heavy atom. The minimum atomic E-state index is -0.339. The molecule has 2 aromatic rings. The molecule has 2 unspecified atom stereocenters. The van der Waals surface area contributed by atoms with Gasteiger partial charge in [-0.15, -0.1) is 0 Å². The van der Waals surface area contributed by atoms with Crippen LogP contribution in [0.25, 0.3) is 11.6 Å². The van der Waals surface area contributed by atoms with Gasteiger partial charge in [0.05, 0.1) is 6.04 Å². The van der Waals surface area contributed by atoms with E-state index in [1.807, 2.05) is 25.3 Å². The summed E-state index contributed by atoms with van der Waals surface area (Å²) in [7, 11) is 3.34. The van der Waals surface area contributed by atoms with Crippen molar-refractivity contribution in [2.45, 2.75) is 32.4 Å². The summed E-state index contributed by atoms with van der Waals surface area (Å²) >= 11 is 0. The Bertz CT molecular complexity index is 1240. The second-order valence-electron chi connectivity index (χ2n) is 9.43. The maximum atomic E-state index is 15.0. The van der Waals surface area contributed by atoms with E-state index in [0.29, 0.717) is 17.0 Å². The monoisotopic (exact) mass is 488 g/mol. The molecule has 0 saturated heterocycles. The maximum Gasteiger partial charge on any atom is 0.253 e. The van der Waals surface area contributed by atoms with Gasteiger partial charge in [-0.3, -0.25) is 20.1 Å². The van der Waals surface area contributed by atoms with Crippen molar-refractivity contribution < 1.29 is 9.18 Å². The number of hydrogen-bond donors (Lipinski definition) is 2. The zero-order valence-electron chi connectivity index (χ0n) is 21.2. The zero-order chi connectivity index (χ0) is 25.8. The molecule has 36 heavy (non-hydrogen) atoms. The maximum absolute atomic E-state index is 15.0. The summed E-state index contributed by atoms with van der Waals surface area (Å²) in [6, 6.07) is 5.23. The van der Waals surface area contributed by atoms with E-state index in [1.54, 1.807) is 32.4 Å². The van der Waals surface area contributed by atoms with E-state index in [2.05, 4.69) is 45.6 Å². The fourth-order valence-corrected chi connectivity index (χ4v) is 4.61. The molecule has 0 aliphatic carbocycles. The third-order valence-electron chi connectivity index (χ3n) is 6.65. The van der Waals surface area contributed by atoms with Crippen LogP contribution in [0.5, 0.6) is 0 Å². The van der Waals surface area contributed by atoms with Gasteiger partial charge in [0, 0.05) is 56.7 Å². The molecule has 0 fully saturated rings. The lowest BCUT2D eigenvalue weighted by atomic mass is 9.93. The quantitative estimate of drug-likeness (QED) is 0.644. The molecule has 3 N–H and O–H groups in total. The van der Waals surface area contributed by atoms with Crippen LogP contribution in [0.4, 0.5) is 4.39 Å². The highest BCUT2D eigenvalue weighted by Crippen LogP contribution is 2.30. The second kappa shape index (κ2) is 10.9. The van der Waals surface area contributed by atoms with Crippen LogP contribution >= 0.6 is 0 Å². The number of hydrogen-bond acceptors (Lipinski definition) is 6. The van der Waals surface area contributed by atoms with Crippen LogP contribution in [-0.2, 0) is 0 Å². The van der Waals surface area contributed by atoms with Gasteiger partial charge in [0.25, 0.3) is 5.91 Å². The molecular weight excluding hydrogens is 455 g/mol. The Morgan fingerprint density at radius 2 is 2.17 bits per heavy atom. The van der Waals surface area contributed by atoms with E-state index in [9.17, 15) is 4.79 Å². The first-order chi connectivity index (χ1) is 17.2. The van der Waals surface area contributed by atoms with Gasteiger partial charge >= 0.3 is 0 Å².